The molecular formula is C21H25NO4S. The van der Waals surface area contributed by atoms with Crippen molar-refractivity contribution in [2.45, 2.75) is 46.0 Å². The predicted molar refractivity (Wildman–Crippen MR) is 107 cm³/mol. The van der Waals surface area contributed by atoms with Crippen molar-refractivity contribution in [3.63, 3.8) is 0 Å². The smallest absolute Gasteiger partial charge is 0.341 e. The average Bonchev–Trinajstić information content (AvgIpc) is 3.04. The van der Waals surface area contributed by atoms with Crippen LogP contribution in [0.2, 0.25) is 0 Å². The number of rotatable bonds is 7. The summed E-state index contributed by atoms with van der Waals surface area (Å²) < 4.78 is 10.9. The van der Waals surface area contributed by atoms with E-state index in [-0.39, 0.29) is 18.5 Å². The molecule has 1 aromatic heterocycles. The van der Waals surface area contributed by atoms with E-state index < -0.39 is 0 Å². The van der Waals surface area contributed by atoms with Gasteiger partial charge in [0.1, 0.15) is 10.8 Å². The topological polar surface area (TPSA) is 64.6 Å². The van der Waals surface area contributed by atoms with Crippen LogP contribution in [0.4, 0.5) is 5.00 Å². The molecule has 1 aromatic carbocycles. The normalized spacial score (nSPS) is 13.0. The molecule has 0 saturated heterocycles. The number of nitrogens with one attached hydrogen (secondary N) is 1. The second-order valence-electron chi connectivity index (χ2n) is 6.43. The van der Waals surface area contributed by atoms with Crippen molar-refractivity contribution in [2.75, 3.05) is 18.5 Å². The summed E-state index contributed by atoms with van der Waals surface area (Å²) in [6, 6.07) is 7.69. The number of para-hydroxylation sites is 1. The molecule has 1 N–H and O–H groups in total. The van der Waals surface area contributed by atoms with E-state index >= 15 is 0 Å². The van der Waals surface area contributed by atoms with Gasteiger partial charge in [-0.2, -0.15) is 0 Å². The SMILES string of the molecule is CCOC(=O)c1c(NC(=O)COc2ccccc2CC)sc2c1CCCC2. The number of fused-ring (bicyclic) bond motifs is 1. The highest BCUT2D eigenvalue weighted by Crippen LogP contribution is 2.38. The van der Waals surface area contributed by atoms with Crippen LogP contribution >= 0.6 is 11.3 Å². The molecule has 0 unspecified atom stereocenters. The fraction of sp³-hybridized carbons (Fsp3) is 0.429. The van der Waals surface area contributed by atoms with E-state index in [4.69, 9.17) is 9.47 Å². The summed E-state index contributed by atoms with van der Waals surface area (Å²) in [5.74, 6) is 0.0840. The van der Waals surface area contributed by atoms with Gasteiger partial charge < -0.3 is 14.8 Å². The Morgan fingerprint density at radius 3 is 2.70 bits per heavy atom. The number of esters is 1. The Labute approximate surface area is 163 Å². The zero-order valence-corrected chi connectivity index (χ0v) is 16.6. The van der Waals surface area contributed by atoms with Crippen LogP contribution in [-0.4, -0.2) is 25.1 Å². The standard InChI is InChI=1S/C21H25NO4S/c1-3-14-9-5-7-11-16(14)26-13-18(23)22-20-19(21(24)25-4-2)15-10-6-8-12-17(15)27-20/h5,7,9,11H,3-4,6,8,10,12-13H2,1-2H3,(H,22,23). The zero-order valence-electron chi connectivity index (χ0n) is 15.8. The molecule has 0 atom stereocenters. The van der Waals surface area contributed by atoms with E-state index in [1.165, 1.54) is 16.2 Å². The molecule has 2 aromatic rings. The summed E-state index contributed by atoms with van der Waals surface area (Å²) in [7, 11) is 0. The van der Waals surface area contributed by atoms with Gasteiger partial charge in [0.15, 0.2) is 6.61 Å². The first-order valence-electron chi connectivity index (χ1n) is 9.46. The van der Waals surface area contributed by atoms with Crippen molar-refractivity contribution < 1.29 is 19.1 Å². The van der Waals surface area contributed by atoms with Gasteiger partial charge in [-0.3, -0.25) is 4.79 Å². The number of carbonyl (C=O) groups is 2. The molecule has 0 spiro atoms. The van der Waals surface area contributed by atoms with Gasteiger partial charge in [0.25, 0.3) is 5.91 Å². The maximum atomic E-state index is 12.4. The minimum atomic E-state index is -0.357. The third kappa shape index (κ3) is 4.50. The van der Waals surface area contributed by atoms with Crippen LogP contribution in [-0.2, 0) is 28.8 Å². The summed E-state index contributed by atoms with van der Waals surface area (Å²) >= 11 is 1.49. The summed E-state index contributed by atoms with van der Waals surface area (Å²) in [6.07, 6.45) is 4.81. The lowest BCUT2D eigenvalue weighted by Gasteiger charge is -2.12. The first-order chi connectivity index (χ1) is 13.1. The molecule has 0 fully saturated rings. The van der Waals surface area contributed by atoms with Crippen molar-refractivity contribution in [1.82, 2.24) is 0 Å². The molecule has 3 rings (SSSR count). The molecule has 0 saturated carbocycles. The van der Waals surface area contributed by atoms with Crippen LogP contribution in [0.15, 0.2) is 24.3 Å². The molecule has 0 aliphatic heterocycles. The van der Waals surface area contributed by atoms with Crippen LogP contribution in [0.5, 0.6) is 5.75 Å². The zero-order chi connectivity index (χ0) is 19.2. The maximum absolute atomic E-state index is 12.4. The molecular weight excluding hydrogens is 362 g/mol. The first-order valence-corrected chi connectivity index (χ1v) is 10.3. The van der Waals surface area contributed by atoms with Gasteiger partial charge in [0.2, 0.25) is 0 Å². The Bertz CT molecular complexity index is 828. The number of anilines is 1. The van der Waals surface area contributed by atoms with Crippen molar-refractivity contribution in [3.8, 4) is 5.75 Å². The van der Waals surface area contributed by atoms with E-state index in [0.717, 1.165) is 43.2 Å². The van der Waals surface area contributed by atoms with E-state index in [2.05, 4.69) is 5.32 Å². The Kier molecular flexibility index (Phi) is 6.50. The maximum Gasteiger partial charge on any atom is 0.341 e. The first kappa shape index (κ1) is 19.4. The molecule has 0 radical (unpaired) electrons. The molecule has 1 aliphatic carbocycles. The highest BCUT2D eigenvalue weighted by Gasteiger charge is 2.27. The quantitative estimate of drug-likeness (QED) is 0.716. The Hall–Kier alpha value is -2.34. The molecule has 5 nitrogen and oxygen atoms in total. The van der Waals surface area contributed by atoms with E-state index in [9.17, 15) is 9.59 Å². The van der Waals surface area contributed by atoms with E-state index in [1.54, 1.807) is 6.92 Å². The van der Waals surface area contributed by atoms with Crippen LogP contribution in [0.3, 0.4) is 0 Å². The minimum Gasteiger partial charge on any atom is -0.483 e. The second-order valence-corrected chi connectivity index (χ2v) is 7.54. The molecule has 6 heteroatoms. The number of carbonyl (C=O) groups excluding carboxylic acids is 2. The van der Waals surface area contributed by atoms with Crippen LogP contribution in [0.25, 0.3) is 0 Å². The Balaban J connectivity index is 1.73. The number of benzene rings is 1. The number of hydrogen-bond donors (Lipinski definition) is 1. The Morgan fingerprint density at radius 1 is 1.15 bits per heavy atom. The Morgan fingerprint density at radius 2 is 1.93 bits per heavy atom. The average molecular weight is 388 g/mol. The van der Waals surface area contributed by atoms with Crippen LogP contribution in [0.1, 0.15) is 53.1 Å². The van der Waals surface area contributed by atoms with Gasteiger partial charge in [-0.1, -0.05) is 25.1 Å². The van der Waals surface area contributed by atoms with Gasteiger partial charge in [-0.15, -0.1) is 11.3 Å². The number of thiophene rings is 1. The second kappa shape index (κ2) is 9.04. The highest BCUT2D eigenvalue weighted by molar-refractivity contribution is 7.17. The minimum absolute atomic E-state index is 0.0954. The van der Waals surface area contributed by atoms with Crippen LogP contribution < -0.4 is 10.1 Å². The third-order valence-electron chi connectivity index (χ3n) is 4.62. The number of aryl methyl sites for hydroxylation is 2. The fourth-order valence-corrected chi connectivity index (χ4v) is 4.61. The largest absolute Gasteiger partial charge is 0.483 e. The van der Waals surface area contributed by atoms with Gasteiger partial charge in [-0.25, -0.2) is 4.79 Å². The molecule has 1 aliphatic rings. The summed E-state index contributed by atoms with van der Waals surface area (Å²) in [6.45, 7) is 4.05. The van der Waals surface area contributed by atoms with Gasteiger partial charge in [0.05, 0.1) is 12.2 Å². The highest BCUT2D eigenvalue weighted by atomic mass is 32.1. The molecule has 0 bridgehead atoms. The summed E-state index contributed by atoms with van der Waals surface area (Å²) in [5.41, 5.74) is 2.63. The lowest BCUT2D eigenvalue weighted by molar-refractivity contribution is -0.118. The van der Waals surface area contributed by atoms with E-state index in [1.807, 2.05) is 31.2 Å². The number of amides is 1. The van der Waals surface area contributed by atoms with Crippen molar-refractivity contribution in [2.24, 2.45) is 0 Å². The van der Waals surface area contributed by atoms with Crippen molar-refractivity contribution in [3.05, 3.63) is 45.8 Å². The lowest BCUT2D eigenvalue weighted by Crippen LogP contribution is -2.21. The predicted octanol–water partition coefficient (Wildman–Crippen LogP) is 4.38. The molecule has 27 heavy (non-hydrogen) atoms. The van der Waals surface area contributed by atoms with Gasteiger partial charge >= 0.3 is 5.97 Å². The van der Waals surface area contributed by atoms with Crippen molar-refractivity contribution in [1.29, 1.82) is 0 Å². The summed E-state index contributed by atoms with van der Waals surface area (Å²) in [5, 5.41) is 3.45. The molecule has 144 valence electrons. The van der Waals surface area contributed by atoms with Crippen molar-refractivity contribution >= 4 is 28.2 Å². The number of hydrogen-bond acceptors (Lipinski definition) is 5. The monoisotopic (exact) mass is 387 g/mol. The fourth-order valence-electron chi connectivity index (χ4n) is 3.32. The third-order valence-corrected chi connectivity index (χ3v) is 5.82. The molecule has 1 heterocycles. The number of ether oxygens (including phenoxy) is 2. The lowest BCUT2D eigenvalue weighted by atomic mass is 9.95. The van der Waals surface area contributed by atoms with E-state index in [0.29, 0.717) is 22.9 Å². The molecule has 1 amide bonds. The van der Waals surface area contributed by atoms with Gasteiger partial charge in [0, 0.05) is 4.88 Å². The van der Waals surface area contributed by atoms with Crippen LogP contribution in [0, 0.1) is 0 Å². The summed E-state index contributed by atoms with van der Waals surface area (Å²) in [4.78, 5) is 26.1. The van der Waals surface area contributed by atoms with Gasteiger partial charge in [-0.05, 0) is 56.2 Å².